The van der Waals surface area contributed by atoms with E-state index in [1.165, 1.54) is 0 Å². The minimum atomic E-state index is -1.44. The molecule has 1 aliphatic rings. The van der Waals surface area contributed by atoms with Gasteiger partial charge in [-0.25, -0.2) is 9.59 Å². The van der Waals surface area contributed by atoms with Gasteiger partial charge in [0, 0.05) is 6.61 Å². The number of nitrogens with one attached hydrogen (secondary N) is 2. The second-order valence-corrected chi connectivity index (χ2v) is 3.67. The van der Waals surface area contributed by atoms with Crippen LogP contribution in [0.3, 0.4) is 0 Å². The molecule has 0 aliphatic carbocycles. The van der Waals surface area contributed by atoms with E-state index in [-0.39, 0.29) is 6.04 Å². The maximum Gasteiger partial charge on any atom is 0.326 e. The molecule has 1 rings (SSSR count). The number of carbonyl (C=O) groups is 3. The van der Waals surface area contributed by atoms with Gasteiger partial charge < -0.3 is 25.6 Å². The molecule has 17 heavy (non-hydrogen) atoms. The van der Waals surface area contributed by atoms with Crippen molar-refractivity contribution in [3.63, 3.8) is 0 Å². The Balaban J connectivity index is 2.40. The van der Waals surface area contributed by atoms with Gasteiger partial charge in [-0.15, -0.1) is 0 Å². The van der Waals surface area contributed by atoms with Gasteiger partial charge in [-0.3, -0.25) is 4.79 Å². The first kappa shape index (κ1) is 13.2. The van der Waals surface area contributed by atoms with E-state index in [2.05, 4.69) is 10.6 Å². The van der Waals surface area contributed by atoms with Crippen molar-refractivity contribution >= 4 is 18.0 Å². The van der Waals surface area contributed by atoms with E-state index in [0.29, 0.717) is 19.6 Å². The lowest BCUT2D eigenvalue weighted by molar-refractivity contribution is -0.145. The van der Waals surface area contributed by atoms with Crippen LogP contribution in [0, 0.1) is 0 Å². The summed E-state index contributed by atoms with van der Waals surface area (Å²) in [6.45, 7) is 0.923. The normalized spacial score (nSPS) is 20.6. The van der Waals surface area contributed by atoms with Crippen LogP contribution in [0.25, 0.3) is 0 Å². The standard InChI is InChI=1S/C9H14N2O6/c12-7(13)3-6(8(14)15)11-9(16)10-5-1-2-17-4-5/h5-6H,1-4H2,(H,12,13)(H,14,15)(H2,10,11,16)/t5?,6-/m0/s1. The first-order valence-electron chi connectivity index (χ1n) is 5.08. The van der Waals surface area contributed by atoms with Crippen LogP contribution >= 0.6 is 0 Å². The number of ether oxygens (including phenoxy) is 1. The molecule has 0 aromatic rings. The SMILES string of the molecule is O=C(O)C[C@H](NC(=O)NC1CCOC1)C(=O)O. The molecule has 4 N–H and O–H groups in total. The number of hydrogen-bond acceptors (Lipinski definition) is 4. The largest absolute Gasteiger partial charge is 0.481 e. The van der Waals surface area contributed by atoms with Gasteiger partial charge >= 0.3 is 18.0 Å². The Morgan fingerprint density at radius 1 is 1.35 bits per heavy atom. The topological polar surface area (TPSA) is 125 Å². The maximum atomic E-state index is 11.4. The van der Waals surface area contributed by atoms with Crippen molar-refractivity contribution in [1.82, 2.24) is 10.6 Å². The highest BCUT2D eigenvalue weighted by atomic mass is 16.5. The summed E-state index contributed by atoms with van der Waals surface area (Å²) in [5.74, 6) is -2.67. The van der Waals surface area contributed by atoms with E-state index >= 15 is 0 Å². The summed E-state index contributed by atoms with van der Waals surface area (Å²) in [5.41, 5.74) is 0. The molecule has 8 nitrogen and oxygen atoms in total. The van der Waals surface area contributed by atoms with Gasteiger partial charge in [-0.1, -0.05) is 0 Å². The number of aliphatic carboxylic acids is 2. The van der Waals surface area contributed by atoms with Crippen LogP contribution in [0.4, 0.5) is 4.79 Å². The lowest BCUT2D eigenvalue weighted by Gasteiger charge is -2.15. The number of hydrogen-bond donors (Lipinski definition) is 4. The molecule has 96 valence electrons. The summed E-state index contributed by atoms with van der Waals surface area (Å²) < 4.78 is 5.02. The molecule has 8 heteroatoms. The van der Waals surface area contributed by atoms with E-state index in [1.807, 2.05) is 0 Å². The van der Waals surface area contributed by atoms with Crippen molar-refractivity contribution in [1.29, 1.82) is 0 Å². The lowest BCUT2D eigenvalue weighted by Crippen LogP contribution is -2.49. The van der Waals surface area contributed by atoms with Crippen LogP contribution in [0.15, 0.2) is 0 Å². The summed E-state index contributed by atoms with van der Waals surface area (Å²) in [6, 6.07) is -2.29. The Morgan fingerprint density at radius 3 is 2.53 bits per heavy atom. The molecule has 0 radical (unpaired) electrons. The van der Waals surface area contributed by atoms with Crippen LogP contribution < -0.4 is 10.6 Å². The fourth-order valence-electron chi connectivity index (χ4n) is 1.41. The molecular formula is C9H14N2O6. The minimum Gasteiger partial charge on any atom is -0.481 e. The Labute approximate surface area is 96.9 Å². The summed E-state index contributed by atoms with van der Waals surface area (Å²) in [6.07, 6.45) is -0.00594. The Kier molecular flexibility index (Phi) is 4.70. The van der Waals surface area contributed by atoms with E-state index in [4.69, 9.17) is 14.9 Å². The van der Waals surface area contributed by atoms with Crippen molar-refractivity contribution in [3.05, 3.63) is 0 Å². The van der Waals surface area contributed by atoms with Crippen molar-refractivity contribution in [2.45, 2.75) is 24.9 Å². The van der Waals surface area contributed by atoms with Crippen LogP contribution in [-0.4, -0.2) is 53.5 Å². The average Bonchev–Trinajstić information content (AvgIpc) is 2.68. The first-order valence-corrected chi connectivity index (χ1v) is 5.08. The smallest absolute Gasteiger partial charge is 0.326 e. The molecule has 0 aromatic carbocycles. The second-order valence-electron chi connectivity index (χ2n) is 3.67. The zero-order valence-corrected chi connectivity index (χ0v) is 9.01. The first-order chi connectivity index (χ1) is 7.99. The molecule has 1 aliphatic heterocycles. The molecule has 1 heterocycles. The third-order valence-corrected chi connectivity index (χ3v) is 2.25. The predicted molar refractivity (Wildman–Crippen MR) is 54.6 cm³/mol. The number of carboxylic acids is 2. The van der Waals surface area contributed by atoms with Gasteiger partial charge in [0.2, 0.25) is 0 Å². The molecule has 0 aromatic heterocycles. The van der Waals surface area contributed by atoms with Crippen LogP contribution in [-0.2, 0) is 14.3 Å². The molecule has 0 bridgehead atoms. The highest BCUT2D eigenvalue weighted by Gasteiger charge is 2.25. The Hall–Kier alpha value is -1.83. The molecule has 2 atom stereocenters. The number of carbonyl (C=O) groups excluding carboxylic acids is 1. The summed E-state index contributed by atoms with van der Waals surface area (Å²) in [5, 5.41) is 21.8. The van der Waals surface area contributed by atoms with Gasteiger partial charge in [0.05, 0.1) is 19.1 Å². The number of rotatable bonds is 5. The van der Waals surface area contributed by atoms with Crippen molar-refractivity contribution < 1.29 is 29.3 Å². The lowest BCUT2D eigenvalue weighted by atomic mass is 10.2. The molecule has 1 fully saturated rings. The highest BCUT2D eigenvalue weighted by Crippen LogP contribution is 2.03. The number of amides is 2. The van der Waals surface area contributed by atoms with Crippen LogP contribution in [0.5, 0.6) is 0 Å². The Morgan fingerprint density at radius 2 is 2.06 bits per heavy atom. The van der Waals surface area contributed by atoms with E-state index in [9.17, 15) is 14.4 Å². The third kappa shape index (κ3) is 4.68. The summed E-state index contributed by atoms with van der Waals surface area (Å²) in [4.78, 5) is 32.4. The van der Waals surface area contributed by atoms with Crippen LogP contribution in [0.2, 0.25) is 0 Å². The molecule has 0 spiro atoms. The molecular weight excluding hydrogens is 232 g/mol. The van der Waals surface area contributed by atoms with Crippen LogP contribution in [0.1, 0.15) is 12.8 Å². The summed E-state index contributed by atoms with van der Waals surface area (Å²) in [7, 11) is 0. The van der Waals surface area contributed by atoms with E-state index in [1.54, 1.807) is 0 Å². The quantitative estimate of drug-likeness (QED) is 0.493. The number of urea groups is 1. The molecule has 2 amide bonds. The molecule has 0 saturated carbocycles. The zero-order valence-electron chi connectivity index (χ0n) is 9.01. The molecule has 1 unspecified atom stereocenters. The average molecular weight is 246 g/mol. The monoisotopic (exact) mass is 246 g/mol. The Bertz CT molecular complexity index is 313. The van der Waals surface area contributed by atoms with Gasteiger partial charge in [0.1, 0.15) is 6.04 Å². The number of carboxylic acid groups (broad SMARTS) is 2. The van der Waals surface area contributed by atoms with E-state index < -0.39 is 30.4 Å². The highest BCUT2D eigenvalue weighted by molar-refractivity contribution is 5.86. The van der Waals surface area contributed by atoms with Crippen molar-refractivity contribution in [3.8, 4) is 0 Å². The molecule has 1 saturated heterocycles. The van der Waals surface area contributed by atoms with Gasteiger partial charge in [0.15, 0.2) is 0 Å². The van der Waals surface area contributed by atoms with Gasteiger partial charge in [-0.05, 0) is 6.42 Å². The second kappa shape index (κ2) is 6.04. The zero-order chi connectivity index (χ0) is 12.8. The fraction of sp³-hybridized carbons (Fsp3) is 0.667. The third-order valence-electron chi connectivity index (χ3n) is 2.25. The fourth-order valence-corrected chi connectivity index (χ4v) is 1.41. The maximum absolute atomic E-state index is 11.4. The minimum absolute atomic E-state index is 0.158. The van der Waals surface area contributed by atoms with Crippen molar-refractivity contribution in [2.24, 2.45) is 0 Å². The van der Waals surface area contributed by atoms with Gasteiger partial charge in [-0.2, -0.15) is 0 Å². The van der Waals surface area contributed by atoms with Gasteiger partial charge in [0.25, 0.3) is 0 Å². The summed E-state index contributed by atoms with van der Waals surface area (Å²) >= 11 is 0. The van der Waals surface area contributed by atoms with Crippen molar-refractivity contribution in [2.75, 3.05) is 13.2 Å². The van der Waals surface area contributed by atoms with E-state index in [0.717, 1.165) is 0 Å². The predicted octanol–water partition coefficient (Wildman–Crippen LogP) is -0.998.